The van der Waals surface area contributed by atoms with Crippen LogP contribution in [-0.4, -0.2) is 48.9 Å². The minimum atomic E-state index is -0.966. The van der Waals surface area contributed by atoms with Crippen molar-refractivity contribution in [1.82, 2.24) is 0 Å². The van der Waals surface area contributed by atoms with E-state index in [1.807, 2.05) is 6.07 Å². The molecule has 1 N–H and O–H groups in total. The molecule has 0 saturated carbocycles. The largest absolute Gasteiger partial charge is 0.493 e. The van der Waals surface area contributed by atoms with Gasteiger partial charge in [0.25, 0.3) is 0 Å². The molecule has 22 heavy (non-hydrogen) atoms. The smallest absolute Gasteiger partial charge is 0.319 e. The molecule has 1 aromatic rings. The lowest BCUT2D eigenvalue weighted by Gasteiger charge is -2.17. The standard InChI is InChI=1S/C15H20O6S/c1-9(14(16)17)22-13(15(18)21-4)8-10-5-6-11(19-2)12(7-10)20-3/h5-7,9,13H,8H2,1-4H3,(H,16,17). The maximum absolute atomic E-state index is 11.9. The summed E-state index contributed by atoms with van der Waals surface area (Å²) in [5.74, 6) is -0.272. The molecule has 2 atom stereocenters. The lowest BCUT2D eigenvalue weighted by Crippen LogP contribution is -2.26. The Labute approximate surface area is 133 Å². The highest BCUT2D eigenvalue weighted by Gasteiger charge is 2.26. The molecule has 0 radical (unpaired) electrons. The monoisotopic (exact) mass is 328 g/mol. The molecule has 0 aliphatic carbocycles. The van der Waals surface area contributed by atoms with E-state index in [0.29, 0.717) is 17.9 Å². The number of ether oxygens (including phenoxy) is 3. The van der Waals surface area contributed by atoms with Crippen LogP contribution in [-0.2, 0) is 20.7 Å². The third-order valence-corrected chi connectivity index (χ3v) is 4.35. The van der Waals surface area contributed by atoms with Crippen molar-refractivity contribution in [2.75, 3.05) is 21.3 Å². The molecule has 0 amide bonds. The van der Waals surface area contributed by atoms with Crippen molar-refractivity contribution in [3.8, 4) is 11.5 Å². The summed E-state index contributed by atoms with van der Waals surface area (Å²) in [7, 11) is 4.36. The Balaban J connectivity index is 2.94. The van der Waals surface area contributed by atoms with Crippen LogP contribution in [0.5, 0.6) is 11.5 Å². The average molecular weight is 328 g/mol. The van der Waals surface area contributed by atoms with E-state index < -0.39 is 22.4 Å². The van der Waals surface area contributed by atoms with Crippen LogP contribution >= 0.6 is 11.8 Å². The molecule has 0 saturated heterocycles. The van der Waals surface area contributed by atoms with Crippen LogP contribution < -0.4 is 9.47 Å². The van der Waals surface area contributed by atoms with Gasteiger partial charge in [-0.1, -0.05) is 6.07 Å². The van der Waals surface area contributed by atoms with Gasteiger partial charge in [-0.15, -0.1) is 11.8 Å². The number of carbonyl (C=O) groups excluding carboxylic acids is 1. The van der Waals surface area contributed by atoms with E-state index in [0.717, 1.165) is 17.3 Å². The first-order valence-corrected chi connectivity index (χ1v) is 7.54. The average Bonchev–Trinajstić information content (AvgIpc) is 2.52. The summed E-state index contributed by atoms with van der Waals surface area (Å²) in [5.41, 5.74) is 0.832. The Morgan fingerprint density at radius 1 is 1.18 bits per heavy atom. The summed E-state index contributed by atoms with van der Waals surface area (Å²) < 4.78 is 15.1. The molecular formula is C15H20O6S. The molecule has 1 aromatic carbocycles. The lowest BCUT2D eigenvalue weighted by atomic mass is 10.1. The van der Waals surface area contributed by atoms with Crippen molar-refractivity contribution >= 4 is 23.7 Å². The summed E-state index contributed by atoms with van der Waals surface area (Å²) in [6.07, 6.45) is 0.343. The van der Waals surface area contributed by atoms with Gasteiger partial charge in [-0.3, -0.25) is 9.59 Å². The Hall–Kier alpha value is -1.89. The van der Waals surface area contributed by atoms with Crippen molar-refractivity contribution in [3.05, 3.63) is 23.8 Å². The van der Waals surface area contributed by atoms with Crippen molar-refractivity contribution in [1.29, 1.82) is 0 Å². The number of rotatable bonds is 8. The lowest BCUT2D eigenvalue weighted by molar-refractivity contribution is -0.139. The second-order valence-corrected chi connectivity index (χ2v) is 6.07. The van der Waals surface area contributed by atoms with Crippen molar-refractivity contribution < 1.29 is 28.9 Å². The zero-order valence-electron chi connectivity index (χ0n) is 13.0. The normalized spacial score (nSPS) is 13.1. The first-order chi connectivity index (χ1) is 10.4. The first-order valence-electron chi connectivity index (χ1n) is 6.59. The van der Waals surface area contributed by atoms with Crippen LogP contribution in [0.15, 0.2) is 18.2 Å². The van der Waals surface area contributed by atoms with Gasteiger partial charge in [0.1, 0.15) is 10.5 Å². The summed E-state index contributed by atoms with van der Waals surface area (Å²) >= 11 is 1.06. The number of hydrogen-bond acceptors (Lipinski definition) is 6. The zero-order chi connectivity index (χ0) is 16.7. The predicted octanol–water partition coefficient (Wildman–Crippen LogP) is 1.99. The zero-order valence-corrected chi connectivity index (χ0v) is 13.8. The first kappa shape index (κ1) is 18.2. The third kappa shape index (κ3) is 4.84. The van der Waals surface area contributed by atoms with Crippen molar-refractivity contribution in [2.45, 2.75) is 23.8 Å². The number of carbonyl (C=O) groups is 2. The molecule has 122 valence electrons. The highest BCUT2D eigenvalue weighted by molar-refractivity contribution is 8.01. The van der Waals surface area contributed by atoms with Gasteiger partial charge in [-0.2, -0.15) is 0 Å². The van der Waals surface area contributed by atoms with Crippen LogP contribution in [0.25, 0.3) is 0 Å². The molecule has 0 aliphatic heterocycles. The van der Waals surface area contributed by atoms with Crippen LogP contribution in [0.3, 0.4) is 0 Å². The van der Waals surface area contributed by atoms with Gasteiger partial charge < -0.3 is 19.3 Å². The summed E-state index contributed by atoms with van der Waals surface area (Å²) in [5, 5.41) is 7.69. The fourth-order valence-electron chi connectivity index (χ4n) is 1.84. The number of esters is 1. The molecule has 0 heterocycles. The number of carboxylic acid groups (broad SMARTS) is 1. The third-order valence-electron chi connectivity index (χ3n) is 3.05. The molecule has 1 rings (SSSR count). The fraction of sp³-hybridized carbons (Fsp3) is 0.467. The molecule has 0 bridgehead atoms. The highest BCUT2D eigenvalue weighted by Crippen LogP contribution is 2.30. The Kier molecular flexibility index (Phi) is 7.04. The van der Waals surface area contributed by atoms with E-state index in [4.69, 9.17) is 19.3 Å². The number of carboxylic acids is 1. The van der Waals surface area contributed by atoms with Gasteiger partial charge in [-0.25, -0.2) is 0 Å². The predicted molar refractivity (Wildman–Crippen MR) is 83.7 cm³/mol. The van der Waals surface area contributed by atoms with Gasteiger partial charge in [0.2, 0.25) is 0 Å². The quantitative estimate of drug-likeness (QED) is 0.731. The Morgan fingerprint density at radius 3 is 2.32 bits per heavy atom. The highest BCUT2D eigenvalue weighted by atomic mass is 32.2. The van der Waals surface area contributed by atoms with E-state index in [2.05, 4.69) is 0 Å². The maximum atomic E-state index is 11.9. The van der Waals surface area contributed by atoms with Crippen LogP contribution in [0, 0.1) is 0 Å². The SMILES string of the molecule is COC(=O)C(Cc1ccc(OC)c(OC)c1)SC(C)C(=O)O. The van der Waals surface area contributed by atoms with E-state index in [1.54, 1.807) is 19.2 Å². The summed E-state index contributed by atoms with van der Waals surface area (Å²) in [6, 6.07) is 5.32. The Morgan fingerprint density at radius 2 is 1.82 bits per heavy atom. The van der Waals surface area contributed by atoms with Gasteiger partial charge in [0.15, 0.2) is 11.5 Å². The van der Waals surface area contributed by atoms with E-state index in [-0.39, 0.29) is 0 Å². The van der Waals surface area contributed by atoms with E-state index in [9.17, 15) is 9.59 Å². The number of benzene rings is 1. The van der Waals surface area contributed by atoms with Crippen LogP contribution in [0.2, 0.25) is 0 Å². The number of thioether (sulfide) groups is 1. The van der Waals surface area contributed by atoms with Crippen LogP contribution in [0.1, 0.15) is 12.5 Å². The number of hydrogen-bond donors (Lipinski definition) is 1. The maximum Gasteiger partial charge on any atom is 0.319 e. The van der Waals surface area contributed by atoms with Gasteiger partial charge >= 0.3 is 11.9 Å². The fourth-order valence-corrected chi connectivity index (χ4v) is 2.95. The van der Waals surface area contributed by atoms with Crippen molar-refractivity contribution in [3.63, 3.8) is 0 Å². The molecule has 0 aliphatic rings. The second kappa shape index (κ2) is 8.53. The molecule has 0 aromatic heterocycles. The van der Waals surface area contributed by atoms with E-state index >= 15 is 0 Å². The van der Waals surface area contributed by atoms with Gasteiger partial charge in [0, 0.05) is 0 Å². The minimum Gasteiger partial charge on any atom is -0.493 e. The minimum absolute atomic E-state index is 0.343. The molecule has 2 unspecified atom stereocenters. The van der Waals surface area contributed by atoms with Crippen LogP contribution in [0.4, 0.5) is 0 Å². The molecule has 0 spiro atoms. The Bertz CT molecular complexity index is 531. The van der Waals surface area contributed by atoms with E-state index in [1.165, 1.54) is 21.1 Å². The summed E-state index contributed by atoms with van der Waals surface area (Å²) in [6.45, 7) is 1.54. The second-order valence-electron chi connectivity index (χ2n) is 4.52. The molecule has 6 nitrogen and oxygen atoms in total. The topological polar surface area (TPSA) is 82.1 Å². The molecular weight excluding hydrogens is 308 g/mol. The number of aliphatic carboxylic acids is 1. The van der Waals surface area contributed by atoms with Crippen molar-refractivity contribution in [2.24, 2.45) is 0 Å². The van der Waals surface area contributed by atoms with Gasteiger partial charge in [0.05, 0.1) is 21.3 Å². The van der Waals surface area contributed by atoms with Gasteiger partial charge in [-0.05, 0) is 31.0 Å². The number of methoxy groups -OCH3 is 3. The molecule has 7 heteroatoms. The summed E-state index contributed by atoms with van der Waals surface area (Å²) in [4.78, 5) is 22.8. The molecule has 0 fully saturated rings.